The molecule has 0 aliphatic heterocycles. The number of nitrogens with zero attached hydrogens (tertiary/aromatic N) is 3. The predicted octanol–water partition coefficient (Wildman–Crippen LogP) is 2.39. The zero-order valence-corrected chi connectivity index (χ0v) is 17.4. The van der Waals surface area contributed by atoms with Crippen molar-refractivity contribution in [2.24, 2.45) is 0 Å². The number of nitrogens with one attached hydrogen (secondary N) is 2. The molecule has 0 unspecified atom stereocenters. The number of thiazole rings is 1. The Hall–Kier alpha value is -3.84. The number of sulfonamides is 1. The summed E-state index contributed by atoms with van der Waals surface area (Å²) in [6.07, 6.45) is 0. The number of anilines is 1. The van der Waals surface area contributed by atoms with Crippen LogP contribution in [0.3, 0.4) is 0 Å². The van der Waals surface area contributed by atoms with Crippen molar-refractivity contribution in [3.8, 4) is 16.9 Å². The molecule has 0 aliphatic carbocycles. The van der Waals surface area contributed by atoms with Gasteiger partial charge in [-0.25, -0.2) is 14.5 Å². The monoisotopic (exact) mass is 460 g/mol. The second-order valence-corrected chi connectivity index (χ2v) is 8.86. The Balaban J connectivity index is 1.64. The number of non-ortho nitro benzene ring substituents is 1. The average Bonchev–Trinajstić information content (AvgIpc) is 3.35. The van der Waals surface area contributed by atoms with Crippen LogP contribution in [0.1, 0.15) is 5.56 Å². The van der Waals surface area contributed by atoms with Crippen molar-refractivity contribution < 1.29 is 22.5 Å². The number of nitro benzene ring substituents is 1. The number of aryl methyl sites for hydroxylation is 1. The lowest BCUT2D eigenvalue weighted by Crippen LogP contribution is -2.42. The van der Waals surface area contributed by atoms with Crippen LogP contribution in [-0.2, 0) is 10.0 Å². The van der Waals surface area contributed by atoms with Gasteiger partial charge >= 0.3 is 20.7 Å². The van der Waals surface area contributed by atoms with Crippen molar-refractivity contribution in [3.05, 3.63) is 80.0 Å². The summed E-state index contributed by atoms with van der Waals surface area (Å²) < 4.78 is 33.8. The Labute approximate surface area is 178 Å². The fourth-order valence-corrected chi connectivity index (χ4v) is 4.83. The molecule has 2 heterocycles. The first-order chi connectivity index (χ1) is 14.7. The first-order valence-electron chi connectivity index (χ1n) is 8.68. The van der Waals surface area contributed by atoms with Gasteiger partial charge in [0.15, 0.2) is 5.13 Å². The van der Waals surface area contributed by atoms with Crippen molar-refractivity contribution in [1.29, 1.82) is 0 Å². The first kappa shape index (κ1) is 20.4. The third-order valence-corrected chi connectivity index (χ3v) is 6.46. The molecular weight excluding hydrogens is 446 g/mol. The molecule has 0 bridgehead atoms. The quantitative estimate of drug-likeness (QED) is 0.254. The van der Waals surface area contributed by atoms with E-state index in [1.165, 1.54) is 24.3 Å². The molecule has 0 aliphatic rings. The third kappa shape index (κ3) is 4.08. The number of rotatable bonds is 6. The number of aromatic amines is 1. The Morgan fingerprint density at radius 1 is 1.16 bits per heavy atom. The molecule has 0 saturated heterocycles. The first-order valence-corrected chi connectivity index (χ1v) is 11.0. The van der Waals surface area contributed by atoms with E-state index in [2.05, 4.69) is 15.0 Å². The van der Waals surface area contributed by atoms with E-state index in [4.69, 9.17) is 4.52 Å². The number of nitro groups is 1. The molecule has 0 atom stereocenters. The lowest BCUT2D eigenvalue weighted by Gasteiger charge is -2.00. The summed E-state index contributed by atoms with van der Waals surface area (Å²) >= 11 is 1.00. The Bertz CT molecular complexity index is 1420. The molecule has 0 spiro atoms. The number of benzene rings is 2. The van der Waals surface area contributed by atoms with Crippen LogP contribution in [0.4, 0.5) is 10.8 Å². The number of H-pyrrole nitrogens is 1. The number of hydrogen-bond acceptors (Lipinski definition) is 8. The maximum atomic E-state index is 12.9. The van der Waals surface area contributed by atoms with Crippen molar-refractivity contribution in [2.45, 2.75) is 11.9 Å². The molecule has 2 aromatic heterocycles. The summed E-state index contributed by atoms with van der Waals surface area (Å²) in [4.78, 5) is 26.6. The number of aromatic nitrogens is 3. The van der Waals surface area contributed by atoms with Gasteiger partial charge in [0.25, 0.3) is 5.69 Å². The summed E-state index contributed by atoms with van der Waals surface area (Å²) in [5.74, 6) is 0. The minimum absolute atomic E-state index is 0.0180. The highest BCUT2D eigenvalue weighted by Gasteiger charge is 2.37. The van der Waals surface area contributed by atoms with Crippen molar-refractivity contribution in [2.75, 3.05) is 4.72 Å². The average molecular weight is 460 g/mol. The molecule has 2 aromatic carbocycles. The van der Waals surface area contributed by atoms with Crippen LogP contribution >= 0.6 is 11.3 Å². The van der Waals surface area contributed by atoms with Gasteiger partial charge in [0.1, 0.15) is 0 Å². The largest absolute Gasteiger partial charge is 0.449 e. The molecule has 11 nitrogen and oxygen atoms in total. The molecule has 0 fully saturated rings. The SMILES string of the molecule is Cc1ccc(-[n+]2[nH]oc(=O)c2S(=O)(=O)Nc2nc(-c3ccc([N+](=O)[O-])cc3)cs2)cc1. The molecule has 158 valence electrons. The van der Waals surface area contributed by atoms with Gasteiger partial charge in [0.05, 0.1) is 10.6 Å². The van der Waals surface area contributed by atoms with Crippen LogP contribution in [0.15, 0.2) is 68.3 Å². The van der Waals surface area contributed by atoms with Gasteiger partial charge < -0.3 is 0 Å². The second kappa shape index (κ2) is 7.77. The van der Waals surface area contributed by atoms with Crippen LogP contribution in [0.25, 0.3) is 16.9 Å². The highest BCUT2D eigenvalue weighted by Crippen LogP contribution is 2.27. The van der Waals surface area contributed by atoms with Gasteiger partial charge in [-0.2, -0.15) is 8.42 Å². The highest BCUT2D eigenvalue weighted by atomic mass is 32.2. The summed E-state index contributed by atoms with van der Waals surface area (Å²) in [6.45, 7) is 1.87. The lowest BCUT2D eigenvalue weighted by atomic mass is 10.1. The van der Waals surface area contributed by atoms with Crippen LogP contribution in [-0.4, -0.2) is 23.6 Å². The van der Waals surface area contributed by atoms with Gasteiger partial charge in [-0.15, -0.1) is 11.3 Å². The van der Waals surface area contributed by atoms with Crippen LogP contribution in [0.2, 0.25) is 0 Å². The fraction of sp³-hybridized carbons (Fsp3) is 0.0556. The summed E-state index contributed by atoms with van der Waals surface area (Å²) in [5.41, 5.74) is 1.20. The van der Waals surface area contributed by atoms with E-state index in [1.807, 2.05) is 6.92 Å². The zero-order chi connectivity index (χ0) is 22.2. The van der Waals surface area contributed by atoms with E-state index >= 15 is 0 Å². The van der Waals surface area contributed by atoms with E-state index in [-0.39, 0.29) is 10.8 Å². The summed E-state index contributed by atoms with van der Waals surface area (Å²) in [5, 5.41) is 14.0. The molecule has 2 N–H and O–H groups in total. The fourth-order valence-electron chi connectivity index (χ4n) is 2.73. The highest BCUT2D eigenvalue weighted by molar-refractivity contribution is 7.92. The van der Waals surface area contributed by atoms with E-state index in [1.54, 1.807) is 29.6 Å². The van der Waals surface area contributed by atoms with Crippen molar-refractivity contribution in [1.82, 2.24) is 10.3 Å². The summed E-state index contributed by atoms with van der Waals surface area (Å²) in [7, 11) is -4.34. The third-order valence-electron chi connectivity index (χ3n) is 4.25. The van der Waals surface area contributed by atoms with Gasteiger partial charge in [0.2, 0.25) is 5.69 Å². The molecule has 4 aromatic rings. The van der Waals surface area contributed by atoms with Crippen molar-refractivity contribution >= 4 is 32.2 Å². The standard InChI is InChI=1S/C18H13N5O6S2/c1-11-2-6-13(7-3-11)22-16(17(24)29-21-22)31(27,28)20-18-19-15(10-30-18)12-4-8-14(9-5-12)23(25)26/h2-10H,1H3,(H-,19,20,21,24)/p+1. The van der Waals surface area contributed by atoms with E-state index in [0.717, 1.165) is 21.6 Å². The normalized spacial score (nSPS) is 11.4. The van der Waals surface area contributed by atoms with Crippen molar-refractivity contribution in [3.63, 3.8) is 0 Å². The summed E-state index contributed by atoms with van der Waals surface area (Å²) in [6, 6.07) is 12.5. The molecule has 13 heteroatoms. The minimum atomic E-state index is -4.34. The topological polar surface area (TPSA) is 152 Å². The van der Waals surface area contributed by atoms with E-state index < -0.39 is 25.6 Å². The van der Waals surface area contributed by atoms with Gasteiger partial charge in [-0.3, -0.25) is 14.6 Å². The van der Waals surface area contributed by atoms with Gasteiger partial charge in [0, 0.05) is 35.2 Å². The molecule has 0 saturated carbocycles. The minimum Gasteiger partial charge on any atom is -0.281 e. The van der Waals surface area contributed by atoms with Gasteiger partial charge in [-0.05, 0) is 29.0 Å². The molecule has 0 amide bonds. The van der Waals surface area contributed by atoms with E-state index in [9.17, 15) is 23.3 Å². The maximum Gasteiger partial charge on any atom is 0.449 e. The number of hydrogen-bond donors (Lipinski definition) is 2. The molecule has 0 radical (unpaired) electrons. The predicted molar refractivity (Wildman–Crippen MR) is 111 cm³/mol. The van der Waals surface area contributed by atoms with E-state index in [0.29, 0.717) is 16.9 Å². The lowest BCUT2D eigenvalue weighted by molar-refractivity contribution is -0.705. The Kier molecular flexibility index (Phi) is 5.12. The molecule has 4 rings (SSSR count). The zero-order valence-electron chi connectivity index (χ0n) is 15.8. The molecule has 31 heavy (non-hydrogen) atoms. The van der Waals surface area contributed by atoms with Crippen LogP contribution in [0, 0.1) is 17.0 Å². The smallest absolute Gasteiger partial charge is 0.281 e. The second-order valence-electron chi connectivity index (χ2n) is 6.40. The van der Waals surface area contributed by atoms with Gasteiger partial charge in [-0.1, -0.05) is 17.7 Å². The van der Waals surface area contributed by atoms with Crippen LogP contribution in [0.5, 0.6) is 0 Å². The molecular formula is C18H14N5O6S2+. The maximum absolute atomic E-state index is 12.9. The van der Waals surface area contributed by atoms with Crippen LogP contribution < -0.4 is 15.0 Å². The Morgan fingerprint density at radius 2 is 1.84 bits per heavy atom. The Morgan fingerprint density at radius 3 is 2.48 bits per heavy atom.